The van der Waals surface area contributed by atoms with Crippen molar-refractivity contribution in [1.82, 2.24) is 15.0 Å². The summed E-state index contributed by atoms with van der Waals surface area (Å²) in [7, 11) is 1.70. The molecule has 5 heteroatoms. The fourth-order valence-corrected chi connectivity index (χ4v) is 1.95. The van der Waals surface area contributed by atoms with Crippen molar-refractivity contribution in [2.45, 2.75) is 6.42 Å². The smallest absolute Gasteiger partial charge is 0.141 e. The van der Waals surface area contributed by atoms with Gasteiger partial charge in [-0.3, -0.25) is 0 Å². The van der Waals surface area contributed by atoms with Crippen LogP contribution < -0.4 is 0 Å². The summed E-state index contributed by atoms with van der Waals surface area (Å²) in [5.74, 6) is 0. The average Bonchev–Trinajstić information content (AvgIpc) is 2.85. The van der Waals surface area contributed by atoms with Gasteiger partial charge in [-0.2, -0.15) is 0 Å². The van der Waals surface area contributed by atoms with E-state index in [2.05, 4.69) is 20.3 Å². The van der Waals surface area contributed by atoms with Crippen molar-refractivity contribution >= 4 is 11.3 Å². The molecule has 0 aliphatic heterocycles. The van der Waals surface area contributed by atoms with Gasteiger partial charge in [0.2, 0.25) is 0 Å². The van der Waals surface area contributed by atoms with Crippen molar-refractivity contribution in [2.24, 2.45) is 0 Å². The van der Waals surface area contributed by atoms with Gasteiger partial charge < -0.3 is 9.72 Å². The molecule has 0 aromatic carbocycles. The van der Waals surface area contributed by atoms with Crippen molar-refractivity contribution in [2.75, 3.05) is 13.7 Å². The van der Waals surface area contributed by atoms with Crippen LogP contribution in [0.2, 0.25) is 0 Å². The first-order valence-electron chi connectivity index (χ1n) is 4.32. The van der Waals surface area contributed by atoms with E-state index in [1.54, 1.807) is 31.0 Å². The molecule has 14 heavy (non-hydrogen) atoms. The third-order valence-electron chi connectivity index (χ3n) is 1.84. The van der Waals surface area contributed by atoms with Gasteiger partial charge >= 0.3 is 0 Å². The fraction of sp³-hybridized carbons (Fsp3) is 0.333. The molecule has 0 unspecified atom stereocenters. The molecular formula is C9H11N3OS. The van der Waals surface area contributed by atoms with Crippen molar-refractivity contribution in [3.63, 3.8) is 0 Å². The molecule has 0 atom stereocenters. The number of hydrogen-bond acceptors (Lipinski definition) is 4. The number of methoxy groups -OCH3 is 1. The largest absolute Gasteiger partial charge is 0.384 e. The maximum atomic E-state index is 4.99. The molecule has 2 aromatic heterocycles. The Morgan fingerprint density at radius 2 is 2.50 bits per heavy atom. The number of nitrogens with zero attached hydrogens (tertiary/aromatic N) is 2. The summed E-state index contributed by atoms with van der Waals surface area (Å²) in [6.45, 7) is 0.714. The van der Waals surface area contributed by atoms with Crippen LogP contribution in [0.1, 0.15) is 5.69 Å². The SMILES string of the molecule is COCCc1csc(-c2cnc[nH]2)n1. The zero-order valence-corrected chi connectivity index (χ0v) is 8.67. The van der Waals surface area contributed by atoms with Crippen molar-refractivity contribution < 1.29 is 4.74 Å². The van der Waals surface area contributed by atoms with Crippen LogP contribution in [-0.4, -0.2) is 28.7 Å². The van der Waals surface area contributed by atoms with Gasteiger partial charge in [0.25, 0.3) is 0 Å². The van der Waals surface area contributed by atoms with Gasteiger partial charge in [-0.25, -0.2) is 9.97 Å². The lowest BCUT2D eigenvalue weighted by atomic mass is 10.3. The fourth-order valence-electron chi connectivity index (χ4n) is 1.12. The molecule has 0 radical (unpaired) electrons. The van der Waals surface area contributed by atoms with Crippen LogP contribution in [0.25, 0.3) is 10.7 Å². The predicted octanol–water partition coefficient (Wildman–Crippen LogP) is 1.72. The van der Waals surface area contributed by atoms with Gasteiger partial charge in [-0.1, -0.05) is 0 Å². The minimum absolute atomic E-state index is 0.714. The maximum absolute atomic E-state index is 4.99. The van der Waals surface area contributed by atoms with Crippen molar-refractivity contribution in [3.05, 3.63) is 23.6 Å². The molecule has 0 fully saturated rings. The third-order valence-corrected chi connectivity index (χ3v) is 2.77. The monoisotopic (exact) mass is 209 g/mol. The minimum atomic E-state index is 0.714. The summed E-state index contributed by atoms with van der Waals surface area (Å²) < 4.78 is 4.99. The number of ether oxygens (including phenoxy) is 1. The molecule has 0 bridgehead atoms. The van der Waals surface area contributed by atoms with E-state index >= 15 is 0 Å². The Morgan fingerprint density at radius 1 is 1.57 bits per heavy atom. The number of H-pyrrole nitrogens is 1. The first-order valence-corrected chi connectivity index (χ1v) is 5.20. The molecule has 0 aliphatic carbocycles. The number of aromatic amines is 1. The van der Waals surface area contributed by atoms with Gasteiger partial charge in [0.15, 0.2) is 0 Å². The Bertz CT molecular complexity index is 382. The van der Waals surface area contributed by atoms with E-state index in [0.717, 1.165) is 22.8 Å². The van der Waals surface area contributed by atoms with Gasteiger partial charge in [0.1, 0.15) is 5.01 Å². The summed E-state index contributed by atoms with van der Waals surface area (Å²) in [6, 6.07) is 0. The zero-order chi connectivity index (χ0) is 9.80. The van der Waals surface area contributed by atoms with Crippen LogP contribution in [-0.2, 0) is 11.2 Å². The van der Waals surface area contributed by atoms with Gasteiger partial charge in [0, 0.05) is 18.9 Å². The number of rotatable bonds is 4. The van der Waals surface area contributed by atoms with Crippen LogP contribution in [0.5, 0.6) is 0 Å². The highest BCUT2D eigenvalue weighted by atomic mass is 32.1. The molecule has 2 rings (SSSR count). The number of aromatic nitrogens is 3. The quantitative estimate of drug-likeness (QED) is 0.834. The highest BCUT2D eigenvalue weighted by molar-refractivity contribution is 7.13. The minimum Gasteiger partial charge on any atom is -0.384 e. The van der Waals surface area contributed by atoms with Crippen LogP contribution >= 0.6 is 11.3 Å². The van der Waals surface area contributed by atoms with E-state index in [4.69, 9.17) is 4.74 Å². The molecule has 2 aromatic rings. The van der Waals surface area contributed by atoms with E-state index in [1.807, 2.05) is 0 Å². The van der Waals surface area contributed by atoms with E-state index in [0.29, 0.717) is 6.61 Å². The van der Waals surface area contributed by atoms with Gasteiger partial charge in [0.05, 0.1) is 30.5 Å². The third kappa shape index (κ3) is 2.00. The Labute approximate surface area is 86.0 Å². The number of hydrogen-bond donors (Lipinski definition) is 1. The Hall–Kier alpha value is -1.20. The summed E-state index contributed by atoms with van der Waals surface area (Å²) >= 11 is 1.62. The van der Waals surface area contributed by atoms with E-state index < -0.39 is 0 Å². The first kappa shape index (κ1) is 9.36. The standard InChI is InChI=1S/C9H11N3OS/c1-13-3-2-7-5-14-9(12-7)8-4-10-6-11-8/h4-6H,2-3H2,1H3,(H,10,11). The normalized spacial score (nSPS) is 10.6. The summed E-state index contributed by atoms with van der Waals surface area (Å²) in [6.07, 6.45) is 4.30. The van der Waals surface area contributed by atoms with Gasteiger partial charge in [-0.15, -0.1) is 11.3 Å². The molecular weight excluding hydrogens is 198 g/mol. The van der Waals surface area contributed by atoms with Crippen molar-refractivity contribution in [1.29, 1.82) is 0 Å². The van der Waals surface area contributed by atoms with Gasteiger partial charge in [-0.05, 0) is 0 Å². The molecule has 0 saturated heterocycles. The summed E-state index contributed by atoms with van der Waals surface area (Å²) in [4.78, 5) is 11.4. The van der Waals surface area contributed by atoms with Crippen molar-refractivity contribution in [3.8, 4) is 10.7 Å². The lowest BCUT2D eigenvalue weighted by Gasteiger charge is -1.93. The molecule has 0 saturated carbocycles. The summed E-state index contributed by atoms with van der Waals surface area (Å²) in [5, 5.41) is 3.03. The Kier molecular flexibility index (Phi) is 2.90. The second-order valence-electron chi connectivity index (χ2n) is 2.85. The Balaban J connectivity index is 2.10. The number of nitrogens with one attached hydrogen (secondary N) is 1. The average molecular weight is 209 g/mol. The van der Waals surface area contributed by atoms with Crippen LogP contribution in [0.4, 0.5) is 0 Å². The number of thiazole rings is 1. The van der Waals surface area contributed by atoms with Crippen LogP contribution in [0, 0.1) is 0 Å². The molecule has 0 spiro atoms. The molecule has 1 N–H and O–H groups in total. The number of imidazole rings is 1. The molecule has 0 aliphatic rings. The lowest BCUT2D eigenvalue weighted by Crippen LogP contribution is -1.94. The summed E-state index contributed by atoms with van der Waals surface area (Å²) in [5.41, 5.74) is 2.04. The zero-order valence-electron chi connectivity index (χ0n) is 7.86. The molecule has 4 nitrogen and oxygen atoms in total. The molecule has 74 valence electrons. The second kappa shape index (κ2) is 4.34. The maximum Gasteiger partial charge on any atom is 0.141 e. The van der Waals surface area contributed by atoms with Crippen LogP contribution in [0.15, 0.2) is 17.9 Å². The molecule has 2 heterocycles. The van der Waals surface area contributed by atoms with E-state index in [9.17, 15) is 0 Å². The predicted molar refractivity (Wildman–Crippen MR) is 55.3 cm³/mol. The topological polar surface area (TPSA) is 50.8 Å². The first-order chi connectivity index (χ1) is 6.90. The highest BCUT2D eigenvalue weighted by Gasteiger charge is 2.04. The van der Waals surface area contributed by atoms with E-state index in [-0.39, 0.29) is 0 Å². The molecule has 0 amide bonds. The van der Waals surface area contributed by atoms with E-state index in [1.165, 1.54) is 0 Å². The highest BCUT2D eigenvalue weighted by Crippen LogP contribution is 2.20. The lowest BCUT2D eigenvalue weighted by molar-refractivity contribution is 0.201. The van der Waals surface area contributed by atoms with Crippen LogP contribution in [0.3, 0.4) is 0 Å². The second-order valence-corrected chi connectivity index (χ2v) is 3.71. The Morgan fingerprint density at radius 3 is 3.21 bits per heavy atom.